The molecule has 36 heavy (non-hydrogen) atoms. The maximum atomic E-state index is 13.8. The molecule has 11 heteroatoms. The lowest BCUT2D eigenvalue weighted by Crippen LogP contribution is -2.57. The van der Waals surface area contributed by atoms with Crippen LogP contribution in [-0.4, -0.2) is 50.4 Å². The predicted octanol–water partition coefficient (Wildman–Crippen LogP) is 3.92. The first-order valence-corrected chi connectivity index (χ1v) is 11.7. The van der Waals surface area contributed by atoms with Gasteiger partial charge in [-0.3, -0.25) is 29.3 Å². The van der Waals surface area contributed by atoms with Gasteiger partial charge in [-0.2, -0.15) is 5.01 Å². The second-order valence-electron chi connectivity index (χ2n) is 8.46. The number of amides is 3. The van der Waals surface area contributed by atoms with Gasteiger partial charge in [-0.05, 0) is 55.7 Å². The van der Waals surface area contributed by atoms with Gasteiger partial charge in [-0.15, -0.1) is 11.6 Å². The van der Waals surface area contributed by atoms with E-state index < -0.39 is 52.1 Å². The zero-order chi connectivity index (χ0) is 26.0. The molecule has 2 aromatic rings. The maximum Gasteiger partial charge on any atom is 0.273 e. The monoisotopic (exact) mass is 513 g/mol. The molecule has 0 bridgehead atoms. The van der Waals surface area contributed by atoms with Crippen molar-refractivity contribution in [2.75, 3.05) is 5.88 Å². The van der Waals surface area contributed by atoms with Crippen molar-refractivity contribution in [2.24, 2.45) is 11.8 Å². The molecule has 1 fully saturated rings. The van der Waals surface area contributed by atoms with Crippen molar-refractivity contribution < 1.29 is 28.5 Å². The normalized spacial score (nSPS) is 19.7. The van der Waals surface area contributed by atoms with Crippen molar-refractivity contribution in [3.05, 3.63) is 87.7 Å². The molecule has 0 spiro atoms. The van der Waals surface area contributed by atoms with E-state index in [0.29, 0.717) is 12.8 Å². The Bertz CT molecular complexity index is 1220. The zero-order valence-corrected chi connectivity index (χ0v) is 19.6. The predicted molar refractivity (Wildman–Crippen MR) is 126 cm³/mol. The van der Waals surface area contributed by atoms with Crippen molar-refractivity contribution in [2.45, 2.75) is 25.3 Å². The Kier molecular flexibility index (Phi) is 7.25. The molecule has 3 atom stereocenters. The van der Waals surface area contributed by atoms with Crippen LogP contribution < -0.4 is 0 Å². The molecule has 0 N–H and O–H groups in total. The number of nitrogens with zero attached hydrogens (tertiary/aromatic N) is 3. The first kappa shape index (κ1) is 25.2. The Morgan fingerprint density at radius 1 is 1.00 bits per heavy atom. The maximum absolute atomic E-state index is 13.8. The fourth-order valence-corrected chi connectivity index (χ4v) is 4.71. The van der Waals surface area contributed by atoms with E-state index in [-0.39, 0.29) is 29.1 Å². The van der Waals surface area contributed by atoms with Crippen molar-refractivity contribution in [3.63, 3.8) is 0 Å². The van der Waals surface area contributed by atoms with Crippen molar-refractivity contribution in [1.29, 1.82) is 0 Å². The number of imide groups is 1. The van der Waals surface area contributed by atoms with Gasteiger partial charge in [-0.1, -0.05) is 12.2 Å². The highest BCUT2D eigenvalue weighted by Gasteiger charge is 2.53. The van der Waals surface area contributed by atoms with Crippen LogP contribution in [-0.2, 0) is 9.59 Å². The second-order valence-corrected chi connectivity index (χ2v) is 8.84. The number of hydrazine groups is 1. The molecule has 4 rings (SSSR count). The topological polar surface area (TPSA) is 118 Å². The van der Waals surface area contributed by atoms with Crippen molar-refractivity contribution >= 4 is 40.8 Å². The van der Waals surface area contributed by atoms with Crippen LogP contribution in [0.3, 0.4) is 0 Å². The number of fused-ring (bicyclic) bond motifs is 1. The fourth-order valence-electron chi connectivity index (χ4n) is 4.50. The molecule has 0 radical (unpaired) electrons. The lowest BCUT2D eigenvalue weighted by Gasteiger charge is -2.36. The third kappa shape index (κ3) is 4.64. The largest absolute Gasteiger partial charge is 0.292 e. The van der Waals surface area contributed by atoms with E-state index >= 15 is 0 Å². The number of rotatable bonds is 8. The molecule has 9 nitrogen and oxygen atoms in total. The van der Waals surface area contributed by atoms with Crippen LogP contribution in [0.15, 0.2) is 60.7 Å². The van der Waals surface area contributed by atoms with Crippen LogP contribution in [0.25, 0.3) is 0 Å². The van der Waals surface area contributed by atoms with Gasteiger partial charge in [0.05, 0.1) is 16.8 Å². The van der Waals surface area contributed by atoms with E-state index in [1.54, 1.807) is 12.2 Å². The number of nitro benzene ring substituents is 1. The first-order valence-electron chi connectivity index (χ1n) is 11.2. The third-order valence-corrected chi connectivity index (χ3v) is 6.56. The number of Topliss-reactive ketones (excluding diaryl/α,β-unsaturated/α-hetero) is 1. The number of non-ortho nitro benzene ring substituents is 1. The van der Waals surface area contributed by atoms with E-state index in [1.165, 1.54) is 24.3 Å². The van der Waals surface area contributed by atoms with Gasteiger partial charge < -0.3 is 0 Å². The van der Waals surface area contributed by atoms with Gasteiger partial charge in [0.1, 0.15) is 11.9 Å². The second kappa shape index (κ2) is 10.4. The van der Waals surface area contributed by atoms with Crippen molar-refractivity contribution in [3.8, 4) is 0 Å². The van der Waals surface area contributed by atoms with Crippen LogP contribution in [0.1, 0.15) is 40.0 Å². The quantitative estimate of drug-likeness (QED) is 0.132. The highest BCUT2D eigenvalue weighted by atomic mass is 35.5. The summed E-state index contributed by atoms with van der Waals surface area (Å²) in [7, 11) is 0. The average Bonchev–Trinajstić information content (AvgIpc) is 3.13. The zero-order valence-electron chi connectivity index (χ0n) is 18.9. The SMILES string of the molecule is O=C(c1ccc(F)cc1)[C@H](CCCl)N(C(=O)c1ccc([N+](=O)[O-])cc1)N1C(=O)[C@H]2CC=CC[C@@H]2C1=O. The summed E-state index contributed by atoms with van der Waals surface area (Å²) >= 11 is 5.98. The summed E-state index contributed by atoms with van der Waals surface area (Å²) in [5.74, 6) is -4.75. The van der Waals surface area contributed by atoms with Crippen molar-refractivity contribution in [1.82, 2.24) is 10.0 Å². The van der Waals surface area contributed by atoms with E-state index in [9.17, 15) is 33.7 Å². The molecule has 0 unspecified atom stereocenters. The highest BCUT2D eigenvalue weighted by molar-refractivity contribution is 6.18. The van der Waals surface area contributed by atoms with Crippen LogP contribution in [0, 0.1) is 27.8 Å². The average molecular weight is 514 g/mol. The summed E-state index contributed by atoms with van der Waals surface area (Å²) in [4.78, 5) is 64.4. The van der Waals surface area contributed by atoms with E-state index in [0.717, 1.165) is 34.3 Å². The van der Waals surface area contributed by atoms with Gasteiger partial charge in [0.25, 0.3) is 23.4 Å². The molecule has 2 aromatic carbocycles. The Morgan fingerprint density at radius 2 is 1.53 bits per heavy atom. The van der Waals surface area contributed by atoms with Crippen LogP contribution in [0.5, 0.6) is 0 Å². The summed E-state index contributed by atoms with van der Waals surface area (Å²) in [6.07, 6.45) is 4.10. The first-order chi connectivity index (χ1) is 17.2. The Hall–Kier alpha value is -3.92. The molecule has 3 amide bonds. The number of alkyl halides is 1. The van der Waals surface area contributed by atoms with Gasteiger partial charge in [0.15, 0.2) is 5.78 Å². The molecule has 186 valence electrons. The van der Waals surface area contributed by atoms with Gasteiger partial charge in [0.2, 0.25) is 0 Å². The molecule has 1 heterocycles. The van der Waals surface area contributed by atoms with Crippen LogP contribution >= 0.6 is 11.6 Å². The molecular weight excluding hydrogens is 493 g/mol. The summed E-state index contributed by atoms with van der Waals surface area (Å²) in [6.45, 7) is 0. The molecule has 1 aliphatic carbocycles. The number of nitro groups is 1. The lowest BCUT2D eigenvalue weighted by molar-refractivity contribution is -0.384. The lowest BCUT2D eigenvalue weighted by atomic mass is 9.85. The van der Waals surface area contributed by atoms with E-state index in [2.05, 4.69) is 0 Å². The Balaban J connectivity index is 1.80. The molecule has 1 aliphatic heterocycles. The van der Waals surface area contributed by atoms with Gasteiger partial charge in [0, 0.05) is 29.1 Å². The molecule has 0 aromatic heterocycles. The summed E-state index contributed by atoms with van der Waals surface area (Å²) in [5.41, 5.74) is -0.268. The summed E-state index contributed by atoms with van der Waals surface area (Å²) < 4.78 is 13.5. The Labute approximate surface area is 210 Å². The minimum absolute atomic E-state index is 0.0613. The smallest absolute Gasteiger partial charge is 0.273 e. The molecule has 0 saturated carbocycles. The number of carbonyl (C=O) groups is 4. The number of carbonyl (C=O) groups excluding carboxylic acids is 4. The summed E-state index contributed by atoms with van der Waals surface area (Å²) in [6, 6.07) is 7.88. The highest BCUT2D eigenvalue weighted by Crippen LogP contribution is 2.37. The van der Waals surface area contributed by atoms with E-state index in [1.807, 2.05) is 0 Å². The minimum Gasteiger partial charge on any atom is -0.292 e. The molecule has 2 aliphatic rings. The number of halogens is 2. The molecular formula is C25H21ClFN3O6. The number of benzene rings is 2. The number of hydrogen-bond acceptors (Lipinski definition) is 6. The number of allylic oxidation sites excluding steroid dienone is 2. The third-order valence-electron chi connectivity index (χ3n) is 6.34. The summed E-state index contributed by atoms with van der Waals surface area (Å²) in [5, 5.41) is 12.6. The number of hydrogen-bond donors (Lipinski definition) is 0. The minimum atomic E-state index is -1.36. The standard InChI is InChI=1S/C25H21ClFN3O6/c26-14-13-21(22(31)15-5-9-17(27)10-6-15)28(23(32)16-7-11-18(12-8-16)30(35)36)29-24(33)19-3-1-2-4-20(19)25(29)34/h1-2,5-12,19-21H,3-4,13-14H2/t19-,20-,21-/m0/s1. The van der Waals surface area contributed by atoms with E-state index in [4.69, 9.17) is 11.6 Å². The van der Waals surface area contributed by atoms with Gasteiger partial charge >= 0.3 is 0 Å². The fraction of sp³-hybridized carbons (Fsp3) is 0.280. The Morgan fingerprint density at radius 3 is 2.03 bits per heavy atom. The van der Waals surface area contributed by atoms with Crippen LogP contribution in [0.4, 0.5) is 10.1 Å². The van der Waals surface area contributed by atoms with Gasteiger partial charge in [-0.25, -0.2) is 9.40 Å². The number of ketones is 1. The molecule has 1 saturated heterocycles. The van der Waals surface area contributed by atoms with Crippen LogP contribution in [0.2, 0.25) is 0 Å².